The van der Waals surface area contributed by atoms with Gasteiger partial charge in [-0.1, -0.05) is 6.07 Å². The number of nitro groups is 1. The minimum Gasteiger partial charge on any atom is -0.390 e. The Kier molecular flexibility index (Phi) is 5.21. The highest BCUT2D eigenvalue weighted by atomic mass is 16.6. The molecule has 6 nitrogen and oxygen atoms in total. The number of aliphatic hydroxyl groups is 2. The Morgan fingerprint density at radius 2 is 2.11 bits per heavy atom. The van der Waals surface area contributed by atoms with Crippen molar-refractivity contribution in [1.29, 1.82) is 0 Å². The van der Waals surface area contributed by atoms with E-state index in [1.807, 2.05) is 0 Å². The van der Waals surface area contributed by atoms with Gasteiger partial charge in [-0.05, 0) is 38.6 Å². The summed E-state index contributed by atoms with van der Waals surface area (Å²) in [7, 11) is 1.73. The van der Waals surface area contributed by atoms with Crippen LogP contribution in [0.2, 0.25) is 0 Å². The van der Waals surface area contributed by atoms with Crippen LogP contribution in [0.3, 0.4) is 0 Å². The number of nitro benzene ring substituents is 1. The number of aryl methyl sites for hydroxylation is 1. The second kappa shape index (κ2) is 6.44. The number of aliphatic hydroxyl groups excluding tert-OH is 2. The Morgan fingerprint density at radius 3 is 2.67 bits per heavy atom. The molecule has 0 aliphatic heterocycles. The van der Waals surface area contributed by atoms with Gasteiger partial charge in [0.1, 0.15) is 6.10 Å². The molecule has 2 atom stereocenters. The molecular weight excluding hydrogens is 236 g/mol. The zero-order chi connectivity index (χ0) is 13.7. The summed E-state index contributed by atoms with van der Waals surface area (Å²) in [4.78, 5) is 10.4. The third-order valence-electron chi connectivity index (χ3n) is 2.76. The predicted octanol–water partition coefficient (Wildman–Crippen LogP) is 0.907. The molecule has 0 saturated carbocycles. The lowest BCUT2D eigenvalue weighted by atomic mass is 9.99. The van der Waals surface area contributed by atoms with Crippen molar-refractivity contribution in [2.75, 3.05) is 13.6 Å². The van der Waals surface area contributed by atoms with Crippen LogP contribution in [0.4, 0.5) is 5.69 Å². The van der Waals surface area contributed by atoms with E-state index in [4.69, 9.17) is 0 Å². The smallest absolute Gasteiger partial charge is 0.275 e. The molecule has 1 aromatic rings. The van der Waals surface area contributed by atoms with Crippen molar-refractivity contribution in [3.05, 3.63) is 39.4 Å². The molecule has 2 unspecified atom stereocenters. The molecule has 1 rings (SSSR count). The Hall–Kier alpha value is -1.50. The molecular formula is C12H18N2O4. The van der Waals surface area contributed by atoms with Crippen molar-refractivity contribution >= 4 is 5.69 Å². The molecule has 100 valence electrons. The predicted molar refractivity (Wildman–Crippen MR) is 67.3 cm³/mol. The molecule has 6 heteroatoms. The monoisotopic (exact) mass is 254 g/mol. The van der Waals surface area contributed by atoms with Gasteiger partial charge >= 0.3 is 0 Å². The minimum atomic E-state index is -1.25. The fraction of sp³-hybridized carbons (Fsp3) is 0.500. The largest absolute Gasteiger partial charge is 0.390 e. The van der Waals surface area contributed by atoms with Crippen LogP contribution in [0.15, 0.2) is 18.2 Å². The van der Waals surface area contributed by atoms with Gasteiger partial charge in [-0.15, -0.1) is 0 Å². The minimum absolute atomic E-state index is 0.147. The average molecular weight is 254 g/mol. The lowest BCUT2D eigenvalue weighted by molar-refractivity contribution is -0.386. The molecule has 0 bridgehead atoms. The maximum Gasteiger partial charge on any atom is 0.275 e. The van der Waals surface area contributed by atoms with Gasteiger partial charge in [0.15, 0.2) is 0 Å². The molecule has 1 aromatic carbocycles. The zero-order valence-electron chi connectivity index (χ0n) is 10.5. The number of nitrogens with zero attached hydrogens (tertiary/aromatic N) is 1. The molecule has 0 heterocycles. The van der Waals surface area contributed by atoms with Crippen LogP contribution in [-0.4, -0.2) is 34.8 Å². The zero-order valence-corrected chi connectivity index (χ0v) is 10.5. The van der Waals surface area contributed by atoms with Gasteiger partial charge in [0, 0.05) is 6.07 Å². The Labute approximate surface area is 105 Å². The Balaban J connectivity index is 2.97. The summed E-state index contributed by atoms with van der Waals surface area (Å²) >= 11 is 0. The lowest BCUT2D eigenvalue weighted by Gasteiger charge is -2.18. The van der Waals surface area contributed by atoms with E-state index >= 15 is 0 Å². The third-order valence-corrected chi connectivity index (χ3v) is 2.76. The fourth-order valence-electron chi connectivity index (χ4n) is 1.72. The van der Waals surface area contributed by atoms with Crippen LogP contribution in [0.5, 0.6) is 0 Å². The first-order chi connectivity index (χ1) is 8.47. The van der Waals surface area contributed by atoms with Gasteiger partial charge in [0.05, 0.1) is 16.6 Å². The van der Waals surface area contributed by atoms with Gasteiger partial charge in [-0.25, -0.2) is 0 Å². The second-order valence-electron chi connectivity index (χ2n) is 4.22. The van der Waals surface area contributed by atoms with Crippen molar-refractivity contribution in [3.63, 3.8) is 0 Å². The standard InChI is InChI=1S/C12H18N2O4/c1-8-3-4-9(10(7-8)14(17)18)12(16)11(15)5-6-13-2/h3-4,7,11-13,15-16H,5-6H2,1-2H3. The first-order valence-corrected chi connectivity index (χ1v) is 5.73. The molecule has 0 spiro atoms. The molecule has 3 N–H and O–H groups in total. The van der Waals surface area contributed by atoms with Crippen LogP contribution in [0, 0.1) is 17.0 Å². The van der Waals surface area contributed by atoms with E-state index in [-0.39, 0.29) is 11.3 Å². The third kappa shape index (κ3) is 3.49. The van der Waals surface area contributed by atoms with Crippen molar-refractivity contribution in [1.82, 2.24) is 5.32 Å². The lowest BCUT2D eigenvalue weighted by Crippen LogP contribution is -2.23. The number of benzene rings is 1. The molecule has 0 aromatic heterocycles. The van der Waals surface area contributed by atoms with Gasteiger partial charge < -0.3 is 15.5 Å². The fourth-order valence-corrected chi connectivity index (χ4v) is 1.72. The molecule has 0 radical (unpaired) electrons. The van der Waals surface area contributed by atoms with Crippen molar-refractivity contribution < 1.29 is 15.1 Å². The van der Waals surface area contributed by atoms with Crippen LogP contribution >= 0.6 is 0 Å². The van der Waals surface area contributed by atoms with E-state index < -0.39 is 17.1 Å². The summed E-state index contributed by atoms with van der Waals surface area (Å²) < 4.78 is 0. The summed E-state index contributed by atoms with van der Waals surface area (Å²) in [5, 5.41) is 33.5. The van der Waals surface area contributed by atoms with Gasteiger partial charge in [0.25, 0.3) is 5.69 Å². The number of rotatable bonds is 6. The maximum atomic E-state index is 10.9. The van der Waals surface area contributed by atoms with E-state index in [1.165, 1.54) is 12.1 Å². The Bertz CT molecular complexity index is 423. The van der Waals surface area contributed by atoms with E-state index in [9.17, 15) is 20.3 Å². The van der Waals surface area contributed by atoms with Crippen LogP contribution < -0.4 is 5.32 Å². The van der Waals surface area contributed by atoms with Gasteiger partial charge in [-0.2, -0.15) is 0 Å². The van der Waals surface area contributed by atoms with Crippen LogP contribution in [-0.2, 0) is 0 Å². The van der Waals surface area contributed by atoms with E-state index in [2.05, 4.69) is 5.32 Å². The van der Waals surface area contributed by atoms with E-state index in [0.29, 0.717) is 13.0 Å². The van der Waals surface area contributed by atoms with Crippen LogP contribution in [0.25, 0.3) is 0 Å². The molecule has 18 heavy (non-hydrogen) atoms. The average Bonchev–Trinajstić information content (AvgIpc) is 2.34. The summed E-state index contributed by atoms with van der Waals surface area (Å²) in [6.07, 6.45) is -1.96. The highest BCUT2D eigenvalue weighted by Crippen LogP contribution is 2.29. The van der Waals surface area contributed by atoms with Crippen molar-refractivity contribution in [2.45, 2.75) is 25.6 Å². The number of hydrogen-bond donors (Lipinski definition) is 3. The van der Waals surface area contributed by atoms with E-state index in [0.717, 1.165) is 5.56 Å². The summed E-state index contributed by atoms with van der Waals surface area (Å²) in [5.41, 5.74) is 0.725. The summed E-state index contributed by atoms with van der Waals surface area (Å²) in [6, 6.07) is 4.56. The Morgan fingerprint density at radius 1 is 1.44 bits per heavy atom. The van der Waals surface area contributed by atoms with Crippen molar-refractivity contribution in [2.24, 2.45) is 0 Å². The highest BCUT2D eigenvalue weighted by Gasteiger charge is 2.25. The molecule has 0 amide bonds. The van der Waals surface area contributed by atoms with Crippen LogP contribution in [0.1, 0.15) is 23.7 Å². The van der Waals surface area contributed by atoms with Gasteiger partial charge in [-0.3, -0.25) is 10.1 Å². The highest BCUT2D eigenvalue weighted by molar-refractivity contribution is 5.44. The number of nitrogens with one attached hydrogen (secondary N) is 1. The van der Waals surface area contributed by atoms with Crippen molar-refractivity contribution in [3.8, 4) is 0 Å². The second-order valence-corrected chi connectivity index (χ2v) is 4.22. The first-order valence-electron chi connectivity index (χ1n) is 5.73. The first kappa shape index (κ1) is 14.6. The normalized spacial score (nSPS) is 14.2. The number of hydrogen-bond acceptors (Lipinski definition) is 5. The molecule has 0 saturated heterocycles. The van der Waals surface area contributed by atoms with E-state index in [1.54, 1.807) is 20.0 Å². The summed E-state index contributed by atoms with van der Waals surface area (Å²) in [6.45, 7) is 2.26. The molecule has 0 fully saturated rings. The van der Waals surface area contributed by atoms with Gasteiger partial charge in [0.2, 0.25) is 0 Å². The maximum absolute atomic E-state index is 10.9. The molecule has 0 aliphatic rings. The molecule has 0 aliphatic carbocycles. The SMILES string of the molecule is CNCCC(O)C(O)c1ccc(C)cc1[N+](=O)[O-]. The topological polar surface area (TPSA) is 95.6 Å². The summed E-state index contributed by atoms with van der Waals surface area (Å²) in [5.74, 6) is 0. The quantitative estimate of drug-likeness (QED) is 0.518.